The van der Waals surface area contributed by atoms with Crippen LogP contribution in [0.1, 0.15) is 23.7 Å². The molecule has 0 aliphatic rings. The summed E-state index contributed by atoms with van der Waals surface area (Å²) in [6, 6.07) is 18.8. The number of hydrogen-bond donors (Lipinski definition) is 0. The van der Waals surface area contributed by atoms with Gasteiger partial charge in [-0.25, -0.2) is 4.98 Å². The van der Waals surface area contributed by atoms with E-state index in [0.29, 0.717) is 0 Å². The van der Waals surface area contributed by atoms with E-state index in [2.05, 4.69) is 49.2 Å². The van der Waals surface area contributed by atoms with Crippen LogP contribution in [0.2, 0.25) is 0 Å². The van der Waals surface area contributed by atoms with Gasteiger partial charge in [0.2, 0.25) is 0 Å². The second-order valence-corrected chi connectivity index (χ2v) is 6.97. The quantitative estimate of drug-likeness (QED) is 0.515. The number of hydrogen-bond acceptors (Lipinski definition) is 4. The van der Waals surface area contributed by atoms with Crippen molar-refractivity contribution in [3.05, 3.63) is 65.4 Å². The Balaban J connectivity index is 1.56. The molecule has 0 spiro atoms. The monoisotopic (exact) mass is 322 g/mol. The zero-order valence-electron chi connectivity index (χ0n) is 13.2. The highest BCUT2D eigenvalue weighted by Crippen LogP contribution is 2.29. The molecule has 0 aliphatic heterocycles. The van der Waals surface area contributed by atoms with E-state index in [1.807, 2.05) is 24.3 Å². The van der Waals surface area contributed by atoms with E-state index in [0.717, 1.165) is 33.8 Å². The van der Waals surface area contributed by atoms with Crippen molar-refractivity contribution in [3.8, 4) is 0 Å². The fourth-order valence-electron chi connectivity index (χ4n) is 2.76. The van der Waals surface area contributed by atoms with Crippen LogP contribution in [-0.4, -0.2) is 16.9 Å². The van der Waals surface area contributed by atoms with Gasteiger partial charge in [-0.05, 0) is 38.2 Å². The Morgan fingerprint density at radius 1 is 1.13 bits per heavy atom. The molecule has 0 saturated heterocycles. The van der Waals surface area contributed by atoms with Crippen LogP contribution in [-0.2, 0) is 6.54 Å². The lowest BCUT2D eigenvalue weighted by Gasteiger charge is -2.21. The van der Waals surface area contributed by atoms with Gasteiger partial charge in [-0.1, -0.05) is 30.3 Å². The molecule has 0 bridgehead atoms. The number of benzene rings is 2. The average Bonchev–Trinajstić information content (AvgIpc) is 3.16. The summed E-state index contributed by atoms with van der Waals surface area (Å²) in [5.41, 5.74) is 2.03. The minimum atomic E-state index is 0.203. The first-order valence-electron chi connectivity index (χ1n) is 7.74. The first-order chi connectivity index (χ1) is 11.2. The van der Waals surface area contributed by atoms with Crippen molar-refractivity contribution >= 4 is 32.5 Å². The van der Waals surface area contributed by atoms with Crippen molar-refractivity contribution in [3.63, 3.8) is 0 Å². The number of fused-ring (bicyclic) bond motifs is 2. The van der Waals surface area contributed by atoms with Crippen molar-refractivity contribution in [2.75, 3.05) is 7.05 Å². The molecule has 0 amide bonds. The van der Waals surface area contributed by atoms with Crippen LogP contribution in [0.25, 0.3) is 21.2 Å². The van der Waals surface area contributed by atoms with E-state index >= 15 is 0 Å². The Kier molecular flexibility index (Phi) is 3.63. The van der Waals surface area contributed by atoms with Gasteiger partial charge in [-0.3, -0.25) is 4.90 Å². The first kappa shape index (κ1) is 14.4. The lowest BCUT2D eigenvalue weighted by molar-refractivity contribution is 0.226. The smallest absolute Gasteiger partial charge is 0.134 e. The molecule has 0 saturated carbocycles. The van der Waals surface area contributed by atoms with Crippen molar-refractivity contribution in [2.45, 2.75) is 19.5 Å². The highest BCUT2D eigenvalue weighted by molar-refractivity contribution is 7.18. The topological polar surface area (TPSA) is 29.3 Å². The predicted octanol–water partition coefficient (Wildman–Crippen LogP) is 5.24. The largest absolute Gasteiger partial charge is 0.459 e. The number of furan rings is 1. The third-order valence-corrected chi connectivity index (χ3v) is 5.26. The molecule has 0 N–H and O–H groups in total. The van der Waals surface area contributed by atoms with Gasteiger partial charge in [0.15, 0.2) is 0 Å². The lowest BCUT2D eigenvalue weighted by atomic mass is 10.2. The van der Waals surface area contributed by atoms with Crippen LogP contribution < -0.4 is 0 Å². The molecule has 4 heteroatoms. The molecule has 0 fully saturated rings. The molecule has 0 radical (unpaired) electrons. The van der Waals surface area contributed by atoms with Gasteiger partial charge in [0, 0.05) is 5.39 Å². The number of aromatic nitrogens is 1. The van der Waals surface area contributed by atoms with Gasteiger partial charge in [-0.15, -0.1) is 11.3 Å². The Bertz CT molecular complexity index is 890. The Morgan fingerprint density at radius 3 is 2.74 bits per heavy atom. The van der Waals surface area contributed by atoms with E-state index in [9.17, 15) is 0 Å². The summed E-state index contributed by atoms with van der Waals surface area (Å²) in [5, 5.41) is 2.29. The predicted molar refractivity (Wildman–Crippen MR) is 95.7 cm³/mol. The first-order valence-corrected chi connectivity index (χ1v) is 8.55. The molecule has 2 aromatic carbocycles. The number of thiazole rings is 1. The summed E-state index contributed by atoms with van der Waals surface area (Å²) < 4.78 is 7.23. The van der Waals surface area contributed by atoms with Gasteiger partial charge < -0.3 is 4.42 Å². The molecule has 2 aromatic heterocycles. The van der Waals surface area contributed by atoms with Gasteiger partial charge in [0.1, 0.15) is 16.4 Å². The van der Waals surface area contributed by atoms with E-state index < -0.39 is 0 Å². The zero-order valence-corrected chi connectivity index (χ0v) is 14.0. The highest BCUT2D eigenvalue weighted by Gasteiger charge is 2.17. The van der Waals surface area contributed by atoms with E-state index in [4.69, 9.17) is 9.40 Å². The van der Waals surface area contributed by atoms with E-state index in [-0.39, 0.29) is 6.04 Å². The molecular formula is C19H18N2OS. The fourth-order valence-corrected chi connectivity index (χ4v) is 3.79. The third-order valence-electron chi connectivity index (χ3n) is 4.24. The zero-order chi connectivity index (χ0) is 15.8. The Morgan fingerprint density at radius 2 is 1.91 bits per heavy atom. The fraction of sp³-hybridized carbons (Fsp3) is 0.211. The van der Waals surface area contributed by atoms with Crippen LogP contribution in [0.3, 0.4) is 0 Å². The van der Waals surface area contributed by atoms with E-state index in [1.54, 1.807) is 11.3 Å². The summed E-state index contributed by atoms with van der Waals surface area (Å²) in [6.07, 6.45) is 0. The van der Waals surface area contributed by atoms with Crippen LogP contribution in [0.5, 0.6) is 0 Å². The second-order valence-electron chi connectivity index (χ2n) is 5.85. The highest BCUT2D eigenvalue weighted by atomic mass is 32.1. The molecule has 1 atom stereocenters. The van der Waals surface area contributed by atoms with Gasteiger partial charge in [0.25, 0.3) is 0 Å². The van der Waals surface area contributed by atoms with Crippen molar-refractivity contribution in [1.82, 2.24) is 9.88 Å². The molecule has 0 aliphatic carbocycles. The van der Waals surface area contributed by atoms with Crippen molar-refractivity contribution in [1.29, 1.82) is 0 Å². The summed E-state index contributed by atoms with van der Waals surface area (Å²) in [5.74, 6) is 0.995. The van der Waals surface area contributed by atoms with Crippen LogP contribution in [0, 0.1) is 0 Å². The molecule has 4 rings (SSSR count). The number of nitrogens with zero attached hydrogens (tertiary/aromatic N) is 2. The maximum Gasteiger partial charge on any atom is 0.134 e. The molecule has 116 valence electrons. The normalized spacial score (nSPS) is 13.2. The maximum absolute atomic E-state index is 5.99. The number of rotatable bonds is 4. The molecule has 23 heavy (non-hydrogen) atoms. The van der Waals surface area contributed by atoms with Crippen molar-refractivity contribution < 1.29 is 4.42 Å². The van der Waals surface area contributed by atoms with Crippen LogP contribution in [0.15, 0.2) is 59.0 Å². The summed E-state index contributed by atoms with van der Waals surface area (Å²) in [6.45, 7) is 2.99. The summed E-state index contributed by atoms with van der Waals surface area (Å²) in [7, 11) is 2.12. The van der Waals surface area contributed by atoms with Gasteiger partial charge in [-0.2, -0.15) is 0 Å². The third kappa shape index (κ3) is 2.76. The van der Waals surface area contributed by atoms with Crippen molar-refractivity contribution in [2.24, 2.45) is 0 Å². The molecule has 3 nitrogen and oxygen atoms in total. The van der Waals surface area contributed by atoms with Gasteiger partial charge >= 0.3 is 0 Å². The standard InChI is InChI=1S/C19H18N2OS/c1-13(17-11-14-7-3-5-9-16(14)22-17)21(2)12-19-20-15-8-4-6-10-18(15)23-19/h3-11,13H,12H2,1-2H3. The lowest BCUT2D eigenvalue weighted by Crippen LogP contribution is -2.21. The molecule has 4 aromatic rings. The molecule has 1 unspecified atom stereocenters. The molecule has 2 heterocycles. The Labute approximate surface area is 139 Å². The molecular weight excluding hydrogens is 304 g/mol. The SMILES string of the molecule is CC(c1cc2ccccc2o1)N(C)Cc1nc2ccccc2s1. The van der Waals surface area contributed by atoms with Crippen LogP contribution >= 0.6 is 11.3 Å². The summed E-state index contributed by atoms with van der Waals surface area (Å²) in [4.78, 5) is 6.99. The van der Waals surface area contributed by atoms with E-state index in [1.165, 1.54) is 4.70 Å². The number of para-hydroxylation sites is 2. The maximum atomic E-state index is 5.99. The average molecular weight is 322 g/mol. The minimum Gasteiger partial charge on any atom is -0.459 e. The van der Waals surface area contributed by atoms with Gasteiger partial charge in [0.05, 0.1) is 22.8 Å². The van der Waals surface area contributed by atoms with Crippen LogP contribution in [0.4, 0.5) is 0 Å². The minimum absolute atomic E-state index is 0.203. The Hall–Kier alpha value is -2.17. The summed E-state index contributed by atoms with van der Waals surface area (Å²) >= 11 is 1.76. The second kappa shape index (κ2) is 5.80.